The van der Waals surface area contributed by atoms with Crippen LogP contribution in [0.2, 0.25) is 0 Å². The molecule has 1 aromatic carbocycles. The van der Waals surface area contributed by atoms with Crippen molar-refractivity contribution < 1.29 is 0 Å². The zero-order valence-corrected chi connectivity index (χ0v) is 13.1. The monoisotopic (exact) mass is 389 g/mol. The van der Waals surface area contributed by atoms with Crippen molar-refractivity contribution in [2.24, 2.45) is 0 Å². The normalized spacial score (nSPS) is 10.6. The molecule has 18 heavy (non-hydrogen) atoms. The van der Waals surface area contributed by atoms with E-state index in [1.807, 2.05) is 18.2 Å². The Kier molecular flexibility index (Phi) is 4.47. The number of aromatic nitrogens is 2. The van der Waals surface area contributed by atoms with E-state index < -0.39 is 0 Å². The van der Waals surface area contributed by atoms with Gasteiger partial charge in [-0.3, -0.25) is 4.79 Å². The van der Waals surface area contributed by atoms with Crippen LogP contribution in [0.5, 0.6) is 0 Å². The van der Waals surface area contributed by atoms with Crippen molar-refractivity contribution in [1.29, 1.82) is 0 Å². The number of H-pyrrole nitrogens is 1. The zero-order chi connectivity index (χ0) is 13.1. The van der Waals surface area contributed by atoms with Gasteiger partial charge < -0.3 is 10.7 Å². The van der Waals surface area contributed by atoms with Crippen molar-refractivity contribution in [2.75, 3.05) is 5.73 Å². The van der Waals surface area contributed by atoms with E-state index in [2.05, 4.69) is 41.8 Å². The van der Waals surface area contributed by atoms with Crippen LogP contribution in [0.15, 0.2) is 43.2 Å². The van der Waals surface area contributed by atoms with Crippen LogP contribution >= 0.6 is 43.6 Å². The lowest BCUT2D eigenvalue weighted by Crippen LogP contribution is -2.09. The van der Waals surface area contributed by atoms with Crippen LogP contribution in [0.4, 0.5) is 5.82 Å². The lowest BCUT2D eigenvalue weighted by atomic mass is 10.2. The first-order valence-electron chi connectivity index (χ1n) is 4.97. The van der Waals surface area contributed by atoms with Gasteiger partial charge in [0, 0.05) is 20.8 Å². The summed E-state index contributed by atoms with van der Waals surface area (Å²) in [6, 6.07) is 7.26. The molecule has 0 aliphatic heterocycles. The highest BCUT2D eigenvalue weighted by molar-refractivity contribution is 9.11. The maximum atomic E-state index is 11.2. The average molecular weight is 391 g/mol. The number of hydrogen-bond donors (Lipinski definition) is 2. The molecule has 0 radical (unpaired) electrons. The fourth-order valence-electron chi connectivity index (χ4n) is 1.37. The topological polar surface area (TPSA) is 71.8 Å². The van der Waals surface area contributed by atoms with E-state index in [-0.39, 0.29) is 11.4 Å². The quantitative estimate of drug-likeness (QED) is 0.623. The highest BCUT2D eigenvalue weighted by Gasteiger charge is 2.02. The molecule has 0 aliphatic rings. The maximum absolute atomic E-state index is 11.2. The first kappa shape index (κ1) is 13.6. The van der Waals surface area contributed by atoms with Crippen molar-refractivity contribution in [2.45, 2.75) is 10.9 Å². The number of aromatic amines is 1. The summed E-state index contributed by atoms with van der Waals surface area (Å²) in [5.74, 6) is 0.932. The number of anilines is 1. The SMILES string of the molecule is Nc1cc(=O)[nH]c(SCc2cc(Br)cc(Br)c2)n1. The van der Waals surface area contributed by atoms with Crippen molar-refractivity contribution in [1.82, 2.24) is 9.97 Å². The Balaban J connectivity index is 2.13. The second kappa shape index (κ2) is 5.90. The average Bonchev–Trinajstić information content (AvgIpc) is 2.23. The van der Waals surface area contributed by atoms with Gasteiger partial charge in [-0.05, 0) is 23.8 Å². The molecular formula is C11H9Br2N3OS. The fourth-order valence-corrected chi connectivity index (χ4v) is 3.57. The molecule has 0 atom stereocenters. The third-order valence-corrected chi connectivity index (χ3v) is 3.90. The molecule has 2 aromatic rings. The van der Waals surface area contributed by atoms with Crippen LogP contribution in [0.3, 0.4) is 0 Å². The van der Waals surface area contributed by atoms with E-state index in [4.69, 9.17) is 5.73 Å². The largest absolute Gasteiger partial charge is 0.383 e. The summed E-state index contributed by atoms with van der Waals surface area (Å²) in [5.41, 5.74) is 6.40. The van der Waals surface area contributed by atoms with Gasteiger partial charge in [0.05, 0.1) is 0 Å². The van der Waals surface area contributed by atoms with E-state index in [0.29, 0.717) is 10.9 Å². The second-order valence-corrected chi connectivity index (χ2v) is 6.34. The number of rotatable bonds is 3. The van der Waals surface area contributed by atoms with E-state index in [1.165, 1.54) is 17.8 Å². The molecule has 1 aromatic heterocycles. The smallest absolute Gasteiger partial charge is 0.253 e. The molecule has 94 valence electrons. The van der Waals surface area contributed by atoms with Crippen LogP contribution < -0.4 is 11.3 Å². The maximum Gasteiger partial charge on any atom is 0.253 e. The summed E-state index contributed by atoms with van der Waals surface area (Å²) in [6.07, 6.45) is 0. The highest BCUT2D eigenvalue weighted by atomic mass is 79.9. The number of nitrogens with two attached hydrogens (primary N) is 1. The number of nitrogen functional groups attached to an aromatic ring is 1. The van der Waals surface area contributed by atoms with Crippen LogP contribution in [-0.2, 0) is 5.75 Å². The first-order chi connectivity index (χ1) is 8.52. The minimum atomic E-state index is -0.236. The minimum absolute atomic E-state index is 0.233. The highest BCUT2D eigenvalue weighted by Crippen LogP contribution is 2.25. The van der Waals surface area contributed by atoms with Gasteiger partial charge in [0.1, 0.15) is 5.82 Å². The van der Waals surface area contributed by atoms with Crippen molar-refractivity contribution in [3.05, 3.63) is 49.1 Å². The number of thioether (sulfide) groups is 1. The molecule has 0 bridgehead atoms. The Labute approximate surface area is 125 Å². The molecule has 3 N–H and O–H groups in total. The molecule has 0 saturated heterocycles. The molecule has 0 aliphatic carbocycles. The number of halogens is 2. The summed E-state index contributed by atoms with van der Waals surface area (Å²) < 4.78 is 2.00. The van der Waals surface area contributed by atoms with Crippen LogP contribution in [0.25, 0.3) is 0 Å². The number of nitrogens with zero attached hydrogens (tertiary/aromatic N) is 1. The Morgan fingerprint density at radius 1 is 1.22 bits per heavy atom. The summed E-state index contributed by atoms with van der Waals surface area (Å²) in [5, 5.41) is 0.524. The predicted molar refractivity (Wildman–Crippen MR) is 80.7 cm³/mol. The van der Waals surface area contributed by atoms with Gasteiger partial charge in [-0.25, -0.2) is 4.98 Å². The second-order valence-electron chi connectivity index (χ2n) is 3.54. The van der Waals surface area contributed by atoms with Gasteiger partial charge in [-0.2, -0.15) is 0 Å². The van der Waals surface area contributed by atoms with Gasteiger partial charge >= 0.3 is 0 Å². The van der Waals surface area contributed by atoms with E-state index >= 15 is 0 Å². The number of benzene rings is 1. The number of nitrogens with one attached hydrogen (secondary N) is 1. The summed E-state index contributed by atoms with van der Waals surface area (Å²) in [7, 11) is 0. The van der Waals surface area contributed by atoms with Crippen LogP contribution in [0.1, 0.15) is 5.56 Å². The van der Waals surface area contributed by atoms with Crippen molar-refractivity contribution in [3.63, 3.8) is 0 Å². The van der Waals surface area contributed by atoms with Gasteiger partial charge in [-0.1, -0.05) is 43.6 Å². The lowest BCUT2D eigenvalue weighted by Gasteiger charge is -2.03. The van der Waals surface area contributed by atoms with E-state index in [1.54, 1.807) is 0 Å². The molecule has 4 nitrogen and oxygen atoms in total. The fraction of sp³-hybridized carbons (Fsp3) is 0.0909. The van der Waals surface area contributed by atoms with Gasteiger partial charge in [0.15, 0.2) is 5.16 Å². The van der Waals surface area contributed by atoms with Crippen LogP contribution in [-0.4, -0.2) is 9.97 Å². The molecule has 0 unspecified atom stereocenters. The predicted octanol–water partition coefficient (Wildman–Crippen LogP) is 3.17. The Hall–Kier alpha value is -0.790. The Bertz CT molecular complexity index is 610. The number of hydrogen-bond acceptors (Lipinski definition) is 4. The molecule has 1 heterocycles. The molecule has 0 fully saturated rings. The zero-order valence-electron chi connectivity index (χ0n) is 9.11. The van der Waals surface area contributed by atoms with Gasteiger partial charge in [-0.15, -0.1) is 0 Å². The molecule has 0 saturated carbocycles. The summed E-state index contributed by atoms with van der Waals surface area (Å²) in [6.45, 7) is 0. The van der Waals surface area contributed by atoms with Crippen molar-refractivity contribution in [3.8, 4) is 0 Å². The molecule has 0 spiro atoms. The standard InChI is InChI=1S/C11H9Br2N3OS/c12-7-1-6(2-8(13)3-7)5-18-11-15-9(14)4-10(17)16-11/h1-4H,5H2,(H3,14,15,16,17). The summed E-state index contributed by atoms with van der Waals surface area (Å²) >= 11 is 8.29. The molecular weight excluding hydrogens is 382 g/mol. The Morgan fingerprint density at radius 3 is 2.50 bits per heavy atom. The first-order valence-corrected chi connectivity index (χ1v) is 7.55. The molecule has 0 amide bonds. The summed E-state index contributed by atoms with van der Waals surface area (Å²) in [4.78, 5) is 17.9. The van der Waals surface area contributed by atoms with Crippen molar-refractivity contribution >= 4 is 49.4 Å². The van der Waals surface area contributed by atoms with Gasteiger partial charge in [0.2, 0.25) is 0 Å². The third-order valence-electron chi connectivity index (χ3n) is 2.04. The van der Waals surface area contributed by atoms with E-state index in [9.17, 15) is 4.79 Å². The van der Waals surface area contributed by atoms with Crippen LogP contribution in [0, 0.1) is 0 Å². The van der Waals surface area contributed by atoms with E-state index in [0.717, 1.165) is 14.5 Å². The third kappa shape index (κ3) is 3.86. The molecule has 2 rings (SSSR count). The lowest BCUT2D eigenvalue weighted by molar-refractivity contribution is 0.945. The molecule has 7 heteroatoms. The van der Waals surface area contributed by atoms with Gasteiger partial charge in [0.25, 0.3) is 5.56 Å². The Morgan fingerprint density at radius 2 is 1.89 bits per heavy atom. The minimum Gasteiger partial charge on any atom is -0.383 e.